The molecule has 194 valence electrons. The number of pyridine rings is 1. The first kappa shape index (κ1) is 25.2. The van der Waals surface area contributed by atoms with Crippen molar-refractivity contribution in [3.63, 3.8) is 0 Å². The molecule has 4 aromatic rings. The highest BCUT2D eigenvalue weighted by Crippen LogP contribution is 2.20. The Morgan fingerprint density at radius 3 is 2.61 bits per heavy atom. The molecular formula is C28H30N8O2. The van der Waals surface area contributed by atoms with Crippen molar-refractivity contribution in [1.29, 1.82) is 0 Å². The molecule has 4 heterocycles. The molecule has 0 amide bonds. The van der Waals surface area contributed by atoms with Crippen molar-refractivity contribution in [1.82, 2.24) is 30.2 Å². The number of carbonyl (C=O) groups excluding carboxylic acids is 1. The van der Waals surface area contributed by atoms with Gasteiger partial charge in [0.1, 0.15) is 23.2 Å². The molecular weight excluding hydrogens is 480 g/mol. The summed E-state index contributed by atoms with van der Waals surface area (Å²) in [5, 5.41) is 6.64. The first-order chi connectivity index (χ1) is 18.6. The molecule has 1 aromatic carbocycles. The van der Waals surface area contributed by atoms with Gasteiger partial charge < -0.3 is 20.3 Å². The van der Waals surface area contributed by atoms with E-state index in [-0.39, 0.29) is 12.0 Å². The van der Waals surface area contributed by atoms with Crippen LogP contribution in [-0.2, 0) is 16.0 Å². The monoisotopic (exact) mass is 510 g/mol. The van der Waals surface area contributed by atoms with Crippen LogP contribution in [0.25, 0.3) is 11.5 Å². The first-order valence-electron chi connectivity index (χ1n) is 12.6. The topological polar surface area (TPSA) is 118 Å². The number of piperazine rings is 1. The number of aryl methyl sites for hydroxylation is 1. The number of esters is 1. The van der Waals surface area contributed by atoms with Crippen molar-refractivity contribution in [3.05, 3.63) is 84.1 Å². The van der Waals surface area contributed by atoms with Crippen molar-refractivity contribution < 1.29 is 9.53 Å². The predicted molar refractivity (Wildman–Crippen MR) is 145 cm³/mol. The number of anilines is 3. The summed E-state index contributed by atoms with van der Waals surface area (Å²) in [6.45, 7) is 4.41. The number of methoxy groups -OCH3 is 1. The number of hydrogen-bond donors (Lipinski definition) is 2. The van der Waals surface area contributed by atoms with E-state index in [1.165, 1.54) is 7.11 Å². The van der Waals surface area contributed by atoms with Gasteiger partial charge in [0.15, 0.2) is 5.82 Å². The molecule has 38 heavy (non-hydrogen) atoms. The molecule has 10 nitrogen and oxygen atoms in total. The molecule has 3 aromatic heterocycles. The standard InChI is InChI=1S/C28H30N8O2/c1-19-4-3-5-23(32-19)28-31-13-11-25(35-28)33-24-10-12-30-26(34-24)16-20-6-8-22(9-7-20)36-15-14-29-21(18-36)17-27(37)38-2/h3-13,21,29H,14-18H2,1-2H3,(H,30,31,33,34,35). The Balaban J connectivity index is 1.22. The van der Waals surface area contributed by atoms with E-state index >= 15 is 0 Å². The van der Waals surface area contributed by atoms with Gasteiger partial charge in [0.25, 0.3) is 0 Å². The Hall–Kier alpha value is -4.44. The maximum absolute atomic E-state index is 11.6. The van der Waals surface area contributed by atoms with Crippen LogP contribution in [-0.4, -0.2) is 63.7 Å². The van der Waals surface area contributed by atoms with Gasteiger partial charge in [-0.1, -0.05) is 18.2 Å². The Labute approximate surface area is 221 Å². The third-order valence-corrected chi connectivity index (χ3v) is 6.29. The molecule has 10 heteroatoms. The smallest absolute Gasteiger partial charge is 0.307 e. The SMILES string of the molecule is COC(=O)CC1CN(c2ccc(Cc3nccc(Nc4ccnc(-c5cccc(C)n5)n4)n3)cc2)CCN1. The van der Waals surface area contributed by atoms with Gasteiger partial charge in [0, 0.05) is 55.9 Å². The molecule has 5 rings (SSSR count). The van der Waals surface area contributed by atoms with Crippen molar-refractivity contribution in [2.45, 2.75) is 25.8 Å². The number of benzene rings is 1. The highest BCUT2D eigenvalue weighted by Gasteiger charge is 2.22. The van der Waals surface area contributed by atoms with Crippen LogP contribution in [0.3, 0.4) is 0 Å². The van der Waals surface area contributed by atoms with Gasteiger partial charge in [-0.3, -0.25) is 4.79 Å². The summed E-state index contributed by atoms with van der Waals surface area (Å²) in [6, 6.07) is 17.9. The molecule has 2 N–H and O–H groups in total. The third kappa shape index (κ3) is 6.46. The maximum Gasteiger partial charge on any atom is 0.307 e. The van der Waals surface area contributed by atoms with Crippen LogP contribution in [0, 0.1) is 6.92 Å². The van der Waals surface area contributed by atoms with Crippen LogP contribution in [0.2, 0.25) is 0 Å². The van der Waals surface area contributed by atoms with E-state index in [0.717, 1.165) is 42.3 Å². The predicted octanol–water partition coefficient (Wildman–Crippen LogP) is 3.31. The normalized spacial score (nSPS) is 15.2. The zero-order valence-corrected chi connectivity index (χ0v) is 21.5. The molecule has 1 fully saturated rings. The number of nitrogens with one attached hydrogen (secondary N) is 2. The Bertz CT molecular complexity index is 1400. The van der Waals surface area contributed by atoms with E-state index in [0.29, 0.717) is 36.1 Å². The average molecular weight is 511 g/mol. The van der Waals surface area contributed by atoms with Crippen LogP contribution in [0.4, 0.5) is 17.3 Å². The summed E-state index contributed by atoms with van der Waals surface area (Å²) < 4.78 is 4.81. The number of rotatable bonds is 8. The second-order valence-corrected chi connectivity index (χ2v) is 9.13. The van der Waals surface area contributed by atoms with Gasteiger partial charge in [-0.05, 0) is 48.9 Å². The van der Waals surface area contributed by atoms with Gasteiger partial charge in [0.2, 0.25) is 0 Å². The van der Waals surface area contributed by atoms with E-state index < -0.39 is 0 Å². The Kier molecular flexibility index (Phi) is 7.79. The minimum Gasteiger partial charge on any atom is -0.469 e. The molecule has 1 atom stereocenters. The zero-order valence-electron chi connectivity index (χ0n) is 21.5. The fourth-order valence-corrected chi connectivity index (χ4v) is 4.39. The van der Waals surface area contributed by atoms with Crippen LogP contribution < -0.4 is 15.5 Å². The van der Waals surface area contributed by atoms with Crippen molar-refractivity contribution >= 4 is 23.3 Å². The number of carbonyl (C=O) groups is 1. The number of nitrogens with zero attached hydrogens (tertiary/aromatic N) is 6. The average Bonchev–Trinajstić information content (AvgIpc) is 2.94. The van der Waals surface area contributed by atoms with Crippen LogP contribution >= 0.6 is 0 Å². The lowest BCUT2D eigenvalue weighted by molar-refractivity contribution is -0.141. The summed E-state index contributed by atoms with van der Waals surface area (Å²) in [5.74, 6) is 2.35. The lowest BCUT2D eigenvalue weighted by Crippen LogP contribution is -2.51. The molecule has 1 unspecified atom stereocenters. The number of hydrogen-bond acceptors (Lipinski definition) is 10. The van der Waals surface area contributed by atoms with E-state index in [4.69, 9.17) is 4.74 Å². The third-order valence-electron chi connectivity index (χ3n) is 6.29. The van der Waals surface area contributed by atoms with Crippen LogP contribution in [0.5, 0.6) is 0 Å². The minimum atomic E-state index is -0.195. The van der Waals surface area contributed by atoms with Crippen molar-refractivity contribution in [2.75, 3.05) is 37.0 Å². The van der Waals surface area contributed by atoms with Gasteiger partial charge in [-0.2, -0.15) is 0 Å². The minimum absolute atomic E-state index is 0.0820. The number of aromatic nitrogens is 5. The quantitative estimate of drug-likeness (QED) is 0.342. The molecule has 1 aliphatic heterocycles. The second-order valence-electron chi connectivity index (χ2n) is 9.13. The first-order valence-corrected chi connectivity index (χ1v) is 12.6. The van der Waals surface area contributed by atoms with Gasteiger partial charge in [-0.15, -0.1) is 0 Å². The summed E-state index contributed by atoms with van der Waals surface area (Å²) in [7, 11) is 1.42. The van der Waals surface area contributed by atoms with E-state index in [9.17, 15) is 4.79 Å². The molecule has 0 spiro atoms. The van der Waals surface area contributed by atoms with E-state index in [2.05, 4.69) is 64.7 Å². The summed E-state index contributed by atoms with van der Waals surface area (Å²) >= 11 is 0. The molecule has 0 aliphatic carbocycles. The highest BCUT2D eigenvalue weighted by molar-refractivity contribution is 5.70. The second kappa shape index (κ2) is 11.7. The number of ether oxygens (including phenoxy) is 1. The van der Waals surface area contributed by atoms with E-state index in [1.54, 1.807) is 18.5 Å². The van der Waals surface area contributed by atoms with Crippen molar-refractivity contribution in [3.8, 4) is 11.5 Å². The molecule has 0 radical (unpaired) electrons. The molecule has 1 saturated heterocycles. The Morgan fingerprint density at radius 2 is 1.82 bits per heavy atom. The molecule has 1 aliphatic rings. The summed E-state index contributed by atoms with van der Waals surface area (Å²) in [4.78, 5) is 36.5. The van der Waals surface area contributed by atoms with E-state index in [1.807, 2.05) is 31.2 Å². The maximum atomic E-state index is 11.6. The van der Waals surface area contributed by atoms with Crippen LogP contribution in [0.1, 0.15) is 23.5 Å². The zero-order chi connectivity index (χ0) is 26.3. The van der Waals surface area contributed by atoms with Crippen LogP contribution in [0.15, 0.2) is 67.0 Å². The fraction of sp³-hybridized carbons (Fsp3) is 0.286. The lowest BCUT2D eigenvalue weighted by atomic mass is 10.1. The van der Waals surface area contributed by atoms with Gasteiger partial charge in [0.05, 0.1) is 13.5 Å². The Morgan fingerprint density at radius 1 is 1.03 bits per heavy atom. The van der Waals surface area contributed by atoms with Gasteiger partial charge >= 0.3 is 5.97 Å². The molecule has 0 saturated carbocycles. The fourth-order valence-electron chi connectivity index (χ4n) is 4.39. The highest BCUT2D eigenvalue weighted by atomic mass is 16.5. The van der Waals surface area contributed by atoms with Gasteiger partial charge in [-0.25, -0.2) is 24.9 Å². The lowest BCUT2D eigenvalue weighted by Gasteiger charge is -2.35. The molecule has 0 bridgehead atoms. The summed E-state index contributed by atoms with van der Waals surface area (Å²) in [5.41, 5.74) is 3.88. The summed E-state index contributed by atoms with van der Waals surface area (Å²) in [6.07, 6.45) is 4.41. The van der Waals surface area contributed by atoms with Crippen molar-refractivity contribution in [2.24, 2.45) is 0 Å². The largest absolute Gasteiger partial charge is 0.469 e.